The van der Waals surface area contributed by atoms with Crippen LogP contribution in [0.1, 0.15) is 47.3 Å². The van der Waals surface area contributed by atoms with E-state index in [2.05, 4.69) is 19.9 Å². The summed E-state index contributed by atoms with van der Waals surface area (Å²) in [7, 11) is 0. The molecule has 1 aromatic carbocycles. The smallest absolute Gasteiger partial charge is 0.267 e. The molecule has 1 saturated heterocycles. The average molecular weight is 454 g/mol. The minimum absolute atomic E-state index is 0.00349. The van der Waals surface area contributed by atoms with E-state index in [0.29, 0.717) is 10.9 Å². The Kier molecular flexibility index (Phi) is 5.65. The summed E-state index contributed by atoms with van der Waals surface area (Å²) in [6, 6.07) is 6.09. The van der Waals surface area contributed by atoms with Gasteiger partial charge in [0.05, 0.1) is 16.8 Å². The maximum Gasteiger partial charge on any atom is 0.267 e. The lowest BCUT2D eigenvalue weighted by Crippen LogP contribution is -2.29. The van der Waals surface area contributed by atoms with Crippen LogP contribution in [0.3, 0.4) is 0 Å². The van der Waals surface area contributed by atoms with Gasteiger partial charge in [0, 0.05) is 18.0 Å². The molecule has 0 radical (unpaired) electrons. The van der Waals surface area contributed by atoms with Crippen LogP contribution >= 0.6 is 23.1 Å². The second kappa shape index (κ2) is 8.43. The van der Waals surface area contributed by atoms with Crippen molar-refractivity contribution in [3.63, 3.8) is 0 Å². The molecule has 2 aromatic heterocycles. The highest BCUT2D eigenvalue weighted by molar-refractivity contribution is 7.99. The summed E-state index contributed by atoms with van der Waals surface area (Å²) in [6.07, 6.45) is 6.46. The number of fused-ring (bicyclic) bond motifs is 3. The van der Waals surface area contributed by atoms with E-state index in [1.807, 2.05) is 17.0 Å². The number of hydrogen-bond acceptors (Lipinski definition) is 5. The number of hydrogen-bond donors (Lipinski definition) is 0. The predicted octanol–water partition coefficient (Wildman–Crippen LogP) is 4.66. The molecule has 7 heteroatoms. The van der Waals surface area contributed by atoms with E-state index >= 15 is 0 Å². The maximum atomic E-state index is 13.8. The van der Waals surface area contributed by atoms with Gasteiger partial charge in [-0.25, -0.2) is 4.98 Å². The lowest BCUT2D eigenvalue weighted by Gasteiger charge is -2.17. The van der Waals surface area contributed by atoms with Crippen LogP contribution in [0, 0.1) is 13.8 Å². The zero-order chi connectivity index (χ0) is 21.5. The largest absolute Gasteiger partial charge is 0.342 e. The number of rotatable bonds is 4. The first-order valence-electron chi connectivity index (χ1n) is 11.1. The fourth-order valence-corrected chi connectivity index (χ4v) is 6.78. The van der Waals surface area contributed by atoms with Gasteiger partial charge < -0.3 is 4.90 Å². The third-order valence-electron chi connectivity index (χ3n) is 6.49. The number of amides is 1. The Morgan fingerprint density at radius 1 is 1.10 bits per heavy atom. The molecule has 31 heavy (non-hydrogen) atoms. The molecule has 1 fully saturated rings. The van der Waals surface area contributed by atoms with Gasteiger partial charge in [-0.3, -0.25) is 14.2 Å². The molecule has 0 saturated carbocycles. The normalized spacial score (nSPS) is 16.1. The molecule has 0 spiro atoms. The summed E-state index contributed by atoms with van der Waals surface area (Å²) in [4.78, 5) is 35.5. The van der Waals surface area contributed by atoms with E-state index in [4.69, 9.17) is 4.98 Å². The summed E-state index contributed by atoms with van der Waals surface area (Å²) in [6.45, 7) is 5.82. The third-order valence-corrected chi connectivity index (χ3v) is 8.60. The number of likely N-dealkylation sites (tertiary alicyclic amines) is 1. The van der Waals surface area contributed by atoms with Crippen molar-refractivity contribution in [1.29, 1.82) is 0 Å². The number of nitrogens with zero attached hydrogens (tertiary/aromatic N) is 3. The van der Waals surface area contributed by atoms with E-state index in [1.54, 1.807) is 15.9 Å². The number of carbonyl (C=O) groups excluding carboxylic acids is 1. The number of aryl methyl sites for hydroxylation is 4. The zero-order valence-corrected chi connectivity index (χ0v) is 19.7. The zero-order valence-electron chi connectivity index (χ0n) is 18.1. The highest BCUT2D eigenvalue weighted by Gasteiger charge is 2.24. The molecule has 0 unspecified atom stereocenters. The van der Waals surface area contributed by atoms with Crippen molar-refractivity contribution in [3.8, 4) is 5.69 Å². The number of benzene rings is 1. The molecule has 2 aliphatic rings. The third kappa shape index (κ3) is 3.82. The van der Waals surface area contributed by atoms with Gasteiger partial charge in [-0.15, -0.1) is 11.3 Å². The van der Waals surface area contributed by atoms with Crippen molar-refractivity contribution < 1.29 is 4.79 Å². The first kappa shape index (κ1) is 20.8. The van der Waals surface area contributed by atoms with Crippen LogP contribution < -0.4 is 5.56 Å². The fourth-order valence-electron chi connectivity index (χ4n) is 4.56. The molecule has 1 aliphatic heterocycles. The Labute approximate surface area is 190 Å². The van der Waals surface area contributed by atoms with Gasteiger partial charge in [0.2, 0.25) is 5.91 Å². The highest BCUT2D eigenvalue weighted by atomic mass is 32.2. The number of thiophene rings is 1. The SMILES string of the molecule is Cc1ccc(-n2c(SCC(=O)N3CCCC3)nc3sc4c(c3c2=O)CCCC4)cc1C. The van der Waals surface area contributed by atoms with E-state index in [9.17, 15) is 9.59 Å². The summed E-state index contributed by atoms with van der Waals surface area (Å²) < 4.78 is 1.73. The topological polar surface area (TPSA) is 55.2 Å². The van der Waals surface area contributed by atoms with Crippen LogP contribution in [0.15, 0.2) is 28.2 Å². The van der Waals surface area contributed by atoms with Gasteiger partial charge >= 0.3 is 0 Å². The van der Waals surface area contributed by atoms with E-state index < -0.39 is 0 Å². The van der Waals surface area contributed by atoms with Crippen LogP contribution in [0.4, 0.5) is 0 Å². The second-order valence-electron chi connectivity index (χ2n) is 8.57. The van der Waals surface area contributed by atoms with Gasteiger partial charge in [-0.05, 0) is 81.2 Å². The van der Waals surface area contributed by atoms with Crippen molar-refractivity contribution in [2.24, 2.45) is 0 Å². The Morgan fingerprint density at radius 3 is 2.65 bits per heavy atom. The first-order valence-corrected chi connectivity index (χ1v) is 12.9. The van der Waals surface area contributed by atoms with Crippen molar-refractivity contribution in [2.45, 2.75) is 57.5 Å². The predicted molar refractivity (Wildman–Crippen MR) is 128 cm³/mol. The maximum absolute atomic E-state index is 13.8. The van der Waals surface area contributed by atoms with E-state index in [-0.39, 0.29) is 11.5 Å². The molecule has 0 bridgehead atoms. The van der Waals surface area contributed by atoms with Crippen molar-refractivity contribution >= 4 is 39.2 Å². The van der Waals surface area contributed by atoms with Gasteiger partial charge in [0.25, 0.3) is 5.56 Å². The minimum atomic E-state index is 0.00349. The Morgan fingerprint density at radius 2 is 1.87 bits per heavy atom. The lowest BCUT2D eigenvalue weighted by atomic mass is 9.97. The molecule has 162 valence electrons. The standard InChI is InChI=1S/C24H27N3O2S2/c1-15-9-10-17(13-16(15)2)27-23(29)21-18-7-3-4-8-19(18)31-22(21)25-24(27)30-14-20(28)26-11-5-6-12-26/h9-10,13H,3-8,11-12,14H2,1-2H3. The van der Waals surface area contributed by atoms with Crippen molar-refractivity contribution in [1.82, 2.24) is 14.5 Å². The molecule has 1 aliphatic carbocycles. The van der Waals surface area contributed by atoms with E-state index in [1.165, 1.54) is 34.2 Å². The average Bonchev–Trinajstić information content (AvgIpc) is 3.42. The molecule has 3 aromatic rings. The minimum Gasteiger partial charge on any atom is -0.342 e. The van der Waals surface area contributed by atoms with Crippen LogP contribution in [-0.4, -0.2) is 39.2 Å². The molecule has 0 N–H and O–H groups in total. The molecule has 5 nitrogen and oxygen atoms in total. The Balaban J connectivity index is 1.62. The Bertz CT molecular complexity index is 1220. The Hall–Kier alpha value is -2.12. The highest BCUT2D eigenvalue weighted by Crippen LogP contribution is 2.35. The molecule has 3 heterocycles. The van der Waals surface area contributed by atoms with Crippen LogP contribution in [0.2, 0.25) is 0 Å². The monoisotopic (exact) mass is 453 g/mol. The van der Waals surface area contributed by atoms with Crippen LogP contribution in [-0.2, 0) is 17.6 Å². The van der Waals surface area contributed by atoms with Crippen LogP contribution in [0.5, 0.6) is 0 Å². The van der Waals surface area contributed by atoms with Crippen molar-refractivity contribution in [3.05, 3.63) is 50.1 Å². The fraction of sp³-hybridized carbons (Fsp3) is 0.458. The van der Waals surface area contributed by atoms with Gasteiger partial charge in [0.1, 0.15) is 4.83 Å². The number of carbonyl (C=O) groups is 1. The second-order valence-corrected chi connectivity index (χ2v) is 10.6. The van der Waals surface area contributed by atoms with Crippen molar-refractivity contribution in [2.75, 3.05) is 18.8 Å². The van der Waals surface area contributed by atoms with Gasteiger partial charge in [-0.2, -0.15) is 0 Å². The number of aromatic nitrogens is 2. The molecule has 5 rings (SSSR count). The van der Waals surface area contributed by atoms with Gasteiger partial charge in [-0.1, -0.05) is 17.8 Å². The quantitative estimate of drug-likeness (QED) is 0.426. The molecule has 1 amide bonds. The van der Waals surface area contributed by atoms with E-state index in [0.717, 1.165) is 66.7 Å². The molecule has 0 atom stereocenters. The van der Waals surface area contributed by atoms with Crippen LogP contribution in [0.25, 0.3) is 15.9 Å². The summed E-state index contributed by atoms with van der Waals surface area (Å²) >= 11 is 3.05. The molecular formula is C24H27N3O2S2. The summed E-state index contributed by atoms with van der Waals surface area (Å²) in [5.74, 6) is 0.447. The molecular weight excluding hydrogens is 426 g/mol. The first-order chi connectivity index (χ1) is 15.0. The lowest BCUT2D eigenvalue weighted by molar-refractivity contribution is -0.127. The number of thioether (sulfide) groups is 1. The van der Waals surface area contributed by atoms with Gasteiger partial charge in [0.15, 0.2) is 5.16 Å². The summed E-state index contributed by atoms with van der Waals surface area (Å²) in [5.41, 5.74) is 4.36. The summed E-state index contributed by atoms with van der Waals surface area (Å²) in [5, 5.41) is 1.40.